The van der Waals surface area contributed by atoms with Crippen molar-refractivity contribution in [1.29, 1.82) is 10.8 Å². The third-order valence-electron chi connectivity index (χ3n) is 9.27. The third-order valence-corrected chi connectivity index (χ3v) is 9.27. The average Bonchev–Trinajstić information content (AvgIpc) is 3.51. The predicted octanol–water partition coefficient (Wildman–Crippen LogP) is 12.0. The number of anilines is 3. The molecule has 0 radical (unpaired) electrons. The van der Waals surface area contributed by atoms with Crippen molar-refractivity contribution in [2.24, 2.45) is 0 Å². The Morgan fingerprint density at radius 3 is 1.90 bits per heavy atom. The van der Waals surface area contributed by atoms with Gasteiger partial charge in [-0.05, 0) is 99.3 Å². The van der Waals surface area contributed by atoms with Crippen LogP contribution in [0.25, 0.3) is 61.0 Å². The van der Waals surface area contributed by atoms with E-state index in [1.165, 1.54) is 0 Å². The van der Waals surface area contributed by atoms with Crippen LogP contribution in [-0.2, 0) is 0 Å². The number of fused-ring (bicyclic) bond motifs is 6. The third kappa shape index (κ3) is 4.62. The highest BCUT2D eigenvalue weighted by atomic mass is 16.3. The SMILES string of the molecule is N=C1C=Cc2ccc3ccc(-c4cccc(N(c5cccc(-c6ccccc6)c5)c5ccc6oc7ccccc7c6c5)c4)cc3c2C1=N. The number of furan rings is 1. The summed E-state index contributed by atoms with van der Waals surface area (Å²) in [6.45, 7) is 0. The van der Waals surface area contributed by atoms with Crippen molar-refractivity contribution >= 4 is 67.3 Å². The van der Waals surface area contributed by atoms with E-state index in [4.69, 9.17) is 15.2 Å². The molecule has 1 aliphatic carbocycles. The first-order valence-electron chi connectivity index (χ1n) is 16.0. The van der Waals surface area contributed by atoms with Crippen molar-refractivity contribution in [2.45, 2.75) is 0 Å². The molecule has 0 saturated heterocycles. The van der Waals surface area contributed by atoms with Crippen molar-refractivity contribution in [3.63, 3.8) is 0 Å². The Morgan fingerprint density at radius 2 is 1.08 bits per heavy atom. The number of hydrogen-bond donors (Lipinski definition) is 2. The quantitative estimate of drug-likeness (QED) is 0.202. The van der Waals surface area contributed by atoms with Gasteiger partial charge in [-0.25, -0.2) is 0 Å². The number of allylic oxidation sites excluding steroid dienone is 1. The molecule has 0 fully saturated rings. The Bertz CT molecular complexity index is 2610. The zero-order chi connectivity index (χ0) is 32.2. The van der Waals surface area contributed by atoms with Crippen LogP contribution in [0.1, 0.15) is 11.1 Å². The fourth-order valence-corrected chi connectivity index (χ4v) is 6.91. The highest BCUT2D eigenvalue weighted by Crippen LogP contribution is 2.41. The monoisotopic (exact) mass is 615 g/mol. The Morgan fingerprint density at radius 1 is 0.438 bits per heavy atom. The number of nitrogens with one attached hydrogen (secondary N) is 2. The summed E-state index contributed by atoms with van der Waals surface area (Å²) in [5.41, 5.74) is 11.6. The number of nitrogens with zero attached hydrogens (tertiary/aromatic N) is 1. The van der Waals surface area contributed by atoms with E-state index < -0.39 is 0 Å². The molecule has 1 aliphatic rings. The molecule has 2 N–H and O–H groups in total. The minimum absolute atomic E-state index is 0.234. The van der Waals surface area contributed by atoms with Crippen LogP contribution < -0.4 is 4.90 Å². The molecule has 0 aliphatic heterocycles. The summed E-state index contributed by atoms with van der Waals surface area (Å²) in [5.74, 6) is 0. The van der Waals surface area contributed by atoms with Crippen LogP contribution in [0.5, 0.6) is 0 Å². The topological polar surface area (TPSA) is 64.1 Å². The largest absolute Gasteiger partial charge is 0.456 e. The van der Waals surface area contributed by atoms with E-state index in [9.17, 15) is 0 Å². The standard InChI is InChI=1S/C44H29N3O/c45-40-22-20-30-18-16-29-17-19-33(26-38(29)43(30)44(40)46)32-11-7-13-35(25-32)47(34-12-6-10-31(24-34)28-8-2-1-3-9-28)36-21-23-42-39(27-36)37-14-4-5-15-41(37)48-42/h1-27,45-46H. The van der Waals surface area contributed by atoms with Gasteiger partial charge >= 0.3 is 0 Å². The van der Waals surface area contributed by atoms with Crippen LogP contribution in [0.4, 0.5) is 17.1 Å². The van der Waals surface area contributed by atoms with Crippen LogP contribution in [0, 0.1) is 10.8 Å². The lowest BCUT2D eigenvalue weighted by Gasteiger charge is -2.26. The number of rotatable bonds is 5. The molecule has 226 valence electrons. The van der Waals surface area contributed by atoms with Crippen molar-refractivity contribution in [1.82, 2.24) is 0 Å². The Kier molecular flexibility index (Phi) is 6.41. The molecular weight excluding hydrogens is 587 g/mol. The number of benzene rings is 7. The second-order valence-corrected chi connectivity index (χ2v) is 12.2. The predicted molar refractivity (Wildman–Crippen MR) is 200 cm³/mol. The summed E-state index contributed by atoms with van der Waals surface area (Å²) >= 11 is 0. The first-order chi connectivity index (χ1) is 23.6. The van der Waals surface area contributed by atoms with Crippen molar-refractivity contribution in [3.8, 4) is 22.3 Å². The summed E-state index contributed by atoms with van der Waals surface area (Å²) in [7, 11) is 0. The normalized spacial score (nSPS) is 12.6. The van der Waals surface area contributed by atoms with E-state index in [0.29, 0.717) is 0 Å². The van der Waals surface area contributed by atoms with Crippen LogP contribution in [0.15, 0.2) is 162 Å². The minimum atomic E-state index is 0.234. The molecular formula is C44H29N3O. The van der Waals surface area contributed by atoms with Gasteiger partial charge in [0, 0.05) is 33.4 Å². The second-order valence-electron chi connectivity index (χ2n) is 12.2. The van der Waals surface area contributed by atoms with Gasteiger partial charge in [0.2, 0.25) is 0 Å². The zero-order valence-electron chi connectivity index (χ0n) is 25.9. The minimum Gasteiger partial charge on any atom is -0.456 e. The lowest BCUT2D eigenvalue weighted by Crippen LogP contribution is -2.16. The molecule has 0 spiro atoms. The summed E-state index contributed by atoms with van der Waals surface area (Å²) in [6, 6.07) is 52.9. The van der Waals surface area contributed by atoms with E-state index in [1.54, 1.807) is 6.08 Å². The van der Waals surface area contributed by atoms with Gasteiger partial charge in [0.1, 0.15) is 11.2 Å². The van der Waals surface area contributed by atoms with Gasteiger partial charge in [0.25, 0.3) is 0 Å². The van der Waals surface area contributed by atoms with E-state index >= 15 is 0 Å². The number of para-hydroxylation sites is 1. The molecule has 0 bridgehead atoms. The maximum atomic E-state index is 8.70. The van der Waals surface area contributed by atoms with Gasteiger partial charge in [-0.1, -0.05) is 103 Å². The van der Waals surface area contributed by atoms with Gasteiger partial charge in [-0.3, -0.25) is 10.8 Å². The molecule has 48 heavy (non-hydrogen) atoms. The molecule has 0 amide bonds. The summed E-state index contributed by atoms with van der Waals surface area (Å²) < 4.78 is 6.19. The summed E-state index contributed by atoms with van der Waals surface area (Å²) in [6.07, 6.45) is 3.64. The fourth-order valence-electron chi connectivity index (χ4n) is 6.91. The van der Waals surface area contributed by atoms with Crippen LogP contribution >= 0.6 is 0 Å². The lowest BCUT2D eigenvalue weighted by atomic mass is 9.88. The molecule has 0 atom stereocenters. The van der Waals surface area contributed by atoms with Crippen LogP contribution in [0.3, 0.4) is 0 Å². The maximum absolute atomic E-state index is 8.70. The molecule has 1 aromatic heterocycles. The van der Waals surface area contributed by atoms with E-state index in [-0.39, 0.29) is 11.4 Å². The number of hydrogen-bond acceptors (Lipinski definition) is 4. The Balaban J connectivity index is 1.22. The van der Waals surface area contributed by atoms with E-state index in [0.717, 1.165) is 83.2 Å². The van der Waals surface area contributed by atoms with Crippen molar-refractivity contribution in [3.05, 3.63) is 169 Å². The molecule has 7 aromatic carbocycles. The van der Waals surface area contributed by atoms with Gasteiger partial charge in [0.15, 0.2) is 0 Å². The maximum Gasteiger partial charge on any atom is 0.135 e. The molecule has 4 heteroatoms. The fraction of sp³-hybridized carbons (Fsp3) is 0. The van der Waals surface area contributed by atoms with Crippen molar-refractivity contribution in [2.75, 3.05) is 4.90 Å². The Labute approximate surface area is 277 Å². The summed E-state index contributed by atoms with van der Waals surface area (Å²) in [4.78, 5) is 2.31. The second kappa shape index (κ2) is 11.1. The van der Waals surface area contributed by atoms with Gasteiger partial charge < -0.3 is 9.32 Å². The molecule has 9 rings (SSSR count). The molecule has 8 aromatic rings. The zero-order valence-corrected chi connectivity index (χ0v) is 25.9. The van der Waals surface area contributed by atoms with Gasteiger partial charge in [-0.15, -0.1) is 0 Å². The molecule has 4 nitrogen and oxygen atoms in total. The lowest BCUT2D eigenvalue weighted by molar-refractivity contribution is 0.669. The van der Waals surface area contributed by atoms with Gasteiger partial charge in [-0.2, -0.15) is 0 Å². The van der Waals surface area contributed by atoms with E-state index in [1.807, 2.05) is 30.3 Å². The molecule has 1 heterocycles. The first-order valence-corrected chi connectivity index (χ1v) is 16.0. The first kappa shape index (κ1) is 27.8. The highest BCUT2D eigenvalue weighted by molar-refractivity contribution is 6.53. The average molecular weight is 616 g/mol. The highest BCUT2D eigenvalue weighted by Gasteiger charge is 2.20. The van der Waals surface area contributed by atoms with Gasteiger partial charge in [0.05, 0.1) is 11.4 Å². The molecule has 0 saturated carbocycles. The van der Waals surface area contributed by atoms with Crippen LogP contribution in [0.2, 0.25) is 0 Å². The van der Waals surface area contributed by atoms with Crippen LogP contribution in [-0.4, -0.2) is 11.4 Å². The van der Waals surface area contributed by atoms with E-state index in [2.05, 4.69) is 132 Å². The smallest absolute Gasteiger partial charge is 0.135 e. The molecule has 0 unspecified atom stereocenters. The summed E-state index contributed by atoms with van der Waals surface area (Å²) in [5, 5.41) is 21.2. The Hall–Kier alpha value is -6.52. The van der Waals surface area contributed by atoms with Crippen molar-refractivity contribution < 1.29 is 4.42 Å².